The van der Waals surface area contributed by atoms with Crippen molar-refractivity contribution in [2.24, 2.45) is 17.3 Å². The Morgan fingerprint density at radius 3 is 2.85 bits per heavy atom. The number of hydrogen-bond donors (Lipinski definition) is 0. The molecule has 110 valence electrons. The highest BCUT2D eigenvalue weighted by atomic mass is 35.5. The number of rotatable bonds is 4. The molecule has 4 atom stereocenters. The molecule has 0 aromatic rings. The molecule has 0 spiro atoms. The number of halogens is 1. The molecule has 2 fully saturated rings. The van der Waals surface area contributed by atoms with E-state index in [1.165, 1.54) is 6.42 Å². The summed E-state index contributed by atoms with van der Waals surface area (Å²) in [7, 11) is 0. The molecule has 3 nitrogen and oxygen atoms in total. The Hall–Kier alpha value is -0.830. The van der Waals surface area contributed by atoms with Crippen molar-refractivity contribution in [1.82, 2.24) is 0 Å². The van der Waals surface area contributed by atoms with Crippen LogP contribution in [-0.4, -0.2) is 23.2 Å². The summed E-state index contributed by atoms with van der Waals surface area (Å²) in [6.45, 7) is 1.93. The normalized spacial score (nSPS) is 43.1. The van der Waals surface area contributed by atoms with Gasteiger partial charge in [0.15, 0.2) is 0 Å². The molecule has 0 bridgehead atoms. The van der Waals surface area contributed by atoms with Gasteiger partial charge in [0.1, 0.15) is 16.8 Å². The van der Waals surface area contributed by atoms with Crippen LogP contribution >= 0.6 is 11.6 Å². The van der Waals surface area contributed by atoms with Crippen molar-refractivity contribution in [2.45, 2.75) is 51.0 Å². The van der Waals surface area contributed by atoms with Gasteiger partial charge in [-0.2, -0.15) is 0 Å². The van der Waals surface area contributed by atoms with Gasteiger partial charge >= 0.3 is 5.97 Å². The zero-order valence-corrected chi connectivity index (χ0v) is 12.6. The summed E-state index contributed by atoms with van der Waals surface area (Å²) in [6, 6.07) is 0. The Morgan fingerprint density at radius 1 is 1.45 bits per heavy atom. The summed E-state index contributed by atoms with van der Waals surface area (Å²) >= 11 is 5.82. The van der Waals surface area contributed by atoms with Crippen LogP contribution in [0.5, 0.6) is 0 Å². The summed E-state index contributed by atoms with van der Waals surface area (Å²) in [4.78, 5) is 24.5. The highest BCUT2D eigenvalue weighted by molar-refractivity contribution is 6.18. The van der Waals surface area contributed by atoms with Gasteiger partial charge in [-0.15, -0.1) is 11.6 Å². The van der Waals surface area contributed by atoms with E-state index in [-0.39, 0.29) is 17.7 Å². The average Bonchev–Trinajstić information content (AvgIpc) is 2.59. The monoisotopic (exact) mass is 296 g/mol. The van der Waals surface area contributed by atoms with Crippen LogP contribution in [0.3, 0.4) is 0 Å². The first kappa shape index (κ1) is 14.1. The number of allylic oxidation sites excluding steroid dienone is 2. The summed E-state index contributed by atoms with van der Waals surface area (Å²) < 4.78 is 5.49. The number of esters is 1. The second-order valence-corrected chi connectivity index (χ2v) is 6.95. The Kier molecular flexibility index (Phi) is 3.44. The maximum absolute atomic E-state index is 12.3. The molecule has 0 aromatic carbocycles. The molecular weight excluding hydrogens is 276 g/mol. The third-order valence-corrected chi connectivity index (χ3v) is 5.76. The number of alkyl halides is 1. The van der Waals surface area contributed by atoms with Crippen LogP contribution in [0.2, 0.25) is 0 Å². The molecule has 1 saturated carbocycles. The van der Waals surface area contributed by atoms with Crippen LogP contribution in [0, 0.1) is 17.3 Å². The smallest absolute Gasteiger partial charge is 0.317 e. The number of hydrogen-bond acceptors (Lipinski definition) is 3. The van der Waals surface area contributed by atoms with E-state index in [0.717, 1.165) is 19.3 Å². The molecule has 0 N–H and O–H groups in total. The number of ether oxygens (including phenoxy) is 1. The molecule has 20 heavy (non-hydrogen) atoms. The van der Waals surface area contributed by atoms with Gasteiger partial charge in [-0.05, 0) is 44.9 Å². The van der Waals surface area contributed by atoms with Crippen molar-refractivity contribution >= 4 is 23.4 Å². The maximum Gasteiger partial charge on any atom is 0.317 e. The van der Waals surface area contributed by atoms with Gasteiger partial charge in [0.05, 0.1) is 5.92 Å². The van der Waals surface area contributed by atoms with Crippen molar-refractivity contribution in [3.63, 3.8) is 0 Å². The van der Waals surface area contributed by atoms with E-state index in [2.05, 4.69) is 12.2 Å². The lowest BCUT2D eigenvalue weighted by Crippen LogP contribution is -2.65. The Morgan fingerprint density at radius 2 is 2.25 bits per heavy atom. The van der Waals surface area contributed by atoms with Crippen molar-refractivity contribution in [2.75, 3.05) is 5.88 Å². The number of carbonyl (C=O) groups excluding carboxylic acids is 2. The molecule has 0 radical (unpaired) electrons. The van der Waals surface area contributed by atoms with Crippen LogP contribution in [0.15, 0.2) is 12.2 Å². The first-order valence-corrected chi connectivity index (χ1v) is 8.06. The molecule has 0 aromatic heterocycles. The summed E-state index contributed by atoms with van der Waals surface area (Å²) in [6.07, 6.45) is 9.50. The van der Waals surface area contributed by atoms with Crippen LogP contribution in [-0.2, 0) is 14.3 Å². The zero-order chi connectivity index (χ0) is 14.4. The lowest BCUT2D eigenvalue weighted by molar-refractivity contribution is -0.242. The van der Waals surface area contributed by atoms with Crippen LogP contribution in [0.25, 0.3) is 0 Å². The topological polar surface area (TPSA) is 43.4 Å². The summed E-state index contributed by atoms with van der Waals surface area (Å²) in [5.74, 6) is 0.593. The lowest BCUT2D eigenvalue weighted by atomic mass is 9.62. The molecule has 3 aliphatic rings. The average molecular weight is 297 g/mol. The summed E-state index contributed by atoms with van der Waals surface area (Å²) in [5, 5.41) is 0. The minimum Gasteiger partial charge on any atom is -0.457 e. The van der Waals surface area contributed by atoms with Crippen LogP contribution in [0.1, 0.15) is 45.4 Å². The minimum atomic E-state index is -0.624. The van der Waals surface area contributed by atoms with E-state index in [4.69, 9.17) is 16.3 Å². The van der Waals surface area contributed by atoms with Crippen molar-refractivity contribution in [3.8, 4) is 0 Å². The summed E-state index contributed by atoms with van der Waals surface area (Å²) in [5.41, 5.74) is -1.21. The Labute approximate surface area is 124 Å². The van der Waals surface area contributed by atoms with E-state index in [1.54, 1.807) is 0 Å². The minimum absolute atomic E-state index is 0.152. The molecule has 1 aliphatic heterocycles. The third kappa shape index (κ3) is 1.78. The van der Waals surface area contributed by atoms with Crippen molar-refractivity contribution < 1.29 is 14.3 Å². The Bertz CT molecular complexity index is 472. The molecule has 1 saturated heterocycles. The quantitative estimate of drug-likeness (QED) is 0.454. The fourth-order valence-corrected chi connectivity index (χ4v) is 4.55. The number of Topliss-reactive ketones (excluding diaryl/α,β-unsaturated/α-hetero) is 1. The van der Waals surface area contributed by atoms with E-state index in [9.17, 15) is 9.59 Å². The van der Waals surface area contributed by atoms with Gasteiger partial charge in [-0.1, -0.05) is 12.2 Å². The molecule has 3 rings (SSSR count). The molecule has 1 heterocycles. The van der Waals surface area contributed by atoms with Crippen molar-refractivity contribution in [1.29, 1.82) is 0 Å². The molecule has 4 heteroatoms. The van der Waals surface area contributed by atoms with Crippen LogP contribution in [0.4, 0.5) is 0 Å². The maximum atomic E-state index is 12.3. The first-order valence-electron chi connectivity index (χ1n) is 7.52. The predicted octanol–water partition coefficient (Wildman–Crippen LogP) is 3.25. The molecule has 2 aliphatic carbocycles. The second kappa shape index (κ2) is 4.87. The first-order chi connectivity index (χ1) is 9.53. The predicted molar refractivity (Wildman–Crippen MR) is 76.5 cm³/mol. The van der Waals surface area contributed by atoms with Crippen LogP contribution < -0.4 is 0 Å². The largest absolute Gasteiger partial charge is 0.457 e. The van der Waals surface area contributed by atoms with Crippen molar-refractivity contribution in [3.05, 3.63) is 12.2 Å². The van der Waals surface area contributed by atoms with E-state index >= 15 is 0 Å². The Balaban J connectivity index is 1.86. The molecular formula is C16H21ClO3. The molecule has 4 unspecified atom stereocenters. The SMILES string of the molecule is CC12OC(=O)C1(CC1C=CCCC1)CC(=O)C2CCCl. The number of ketones is 1. The van der Waals surface area contributed by atoms with Gasteiger partial charge < -0.3 is 4.74 Å². The molecule has 0 amide bonds. The van der Waals surface area contributed by atoms with E-state index < -0.39 is 11.0 Å². The lowest BCUT2D eigenvalue weighted by Gasteiger charge is -2.53. The second-order valence-electron chi connectivity index (χ2n) is 6.58. The van der Waals surface area contributed by atoms with E-state index in [0.29, 0.717) is 24.6 Å². The van der Waals surface area contributed by atoms with Gasteiger partial charge in [0, 0.05) is 12.3 Å². The highest BCUT2D eigenvalue weighted by Crippen LogP contribution is 2.62. The standard InChI is InChI=1S/C16H21ClO3/c1-15-12(7-8-17)13(18)10-16(15,14(19)20-15)9-11-5-3-2-4-6-11/h3,5,11-12H,2,4,6-10H2,1H3. The fourth-order valence-electron chi connectivity index (χ4n) is 4.33. The van der Waals surface area contributed by atoms with Gasteiger partial charge in [-0.25, -0.2) is 0 Å². The van der Waals surface area contributed by atoms with Gasteiger partial charge in [0.2, 0.25) is 0 Å². The van der Waals surface area contributed by atoms with Gasteiger partial charge in [-0.3, -0.25) is 9.59 Å². The van der Waals surface area contributed by atoms with E-state index in [1.807, 2.05) is 6.92 Å². The number of carbonyl (C=O) groups is 2. The fraction of sp³-hybridized carbons (Fsp3) is 0.750. The zero-order valence-electron chi connectivity index (χ0n) is 11.9. The highest BCUT2D eigenvalue weighted by Gasteiger charge is 2.75. The van der Waals surface area contributed by atoms with Gasteiger partial charge in [0.25, 0.3) is 0 Å². The third-order valence-electron chi connectivity index (χ3n) is 5.54. The number of fused-ring (bicyclic) bond motifs is 1.